The molecule has 0 radical (unpaired) electrons. The fourth-order valence-corrected chi connectivity index (χ4v) is 8.82. The largest absolute Gasteiger partial charge is 0.438 e. The maximum Gasteiger partial charge on any atom is 0.379 e. The fourth-order valence-electron chi connectivity index (χ4n) is 6.16. The Balaban J connectivity index is 1.37. The highest BCUT2D eigenvalue weighted by atomic mass is 32.2. The molecule has 2 aromatic heterocycles. The summed E-state index contributed by atoms with van der Waals surface area (Å²) in [6, 6.07) is 14.9. The molecular weight excluding hydrogens is 723 g/mol. The van der Waals surface area contributed by atoms with Crippen molar-refractivity contribution in [3.8, 4) is 16.2 Å². The highest BCUT2D eigenvalue weighted by Crippen LogP contribution is 2.43. The summed E-state index contributed by atoms with van der Waals surface area (Å²) in [4.78, 5) is 18.5. The van der Waals surface area contributed by atoms with Crippen LogP contribution in [0.5, 0.6) is 5.75 Å². The average molecular weight is 763 g/mol. The monoisotopic (exact) mass is 762 g/mol. The number of rotatable bonds is 11. The number of oxazole rings is 1. The van der Waals surface area contributed by atoms with Gasteiger partial charge in [0.15, 0.2) is 12.3 Å². The summed E-state index contributed by atoms with van der Waals surface area (Å²) in [5.41, 5.74) is 3.18. The number of ether oxygens (including phenoxy) is 1. The van der Waals surface area contributed by atoms with E-state index in [9.17, 15) is 30.7 Å². The van der Waals surface area contributed by atoms with E-state index in [1.165, 1.54) is 0 Å². The number of aromatic nitrogens is 1. The molecule has 0 aliphatic carbocycles. The molecule has 2 aromatic carbocycles. The van der Waals surface area contributed by atoms with Crippen LogP contribution in [0, 0.1) is 0 Å². The standard InChI is InChI=1S/C34H39N3O9S4/c38-34(35-13-2-1-3-17-47-18-5-14-35)26-10-12-30-28(23-26)37(16-7-21-50(42,43)44)33(46-30)24-32-36(15-6-20-49(39,40)41)27-22-25(9-11-29(27)45-32)31-8-4-19-48-31/h4,8-12,19,22-24H,1-3,5-7,13-18,20-21H2,(H-,39,40,41,42,43,44)/p+1. The zero-order valence-corrected chi connectivity index (χ0v) is 30.7. The molecular formula is C34H40N3O9S4+. The average Bonchev–Trinajstić information content (AvgIpc) is 3.80. The Hall–Kier alpha value is -3.41. The maximum absolute atomic E-state index is 13.8. The van der Waals surface area contributed by atoms with Gasteiger partial charge in [0, 0.05) is 42.6 Å². The molecule has 2 aliphatic rings. The number of aryl methyl sites for hydroxylation is 1. The van der Waals surface area contributed by atoms with Gasteiger partial charge >= 0.3 is 5.89 Å². The molecule has 0 saturated carbocycles. The first-order valence-corrected chi connectivity index (χ1v) is 21.8. The topological polar surface area (TPSA) is 159 Å². The van der Waals surface area contributed by atoms with Gasteiger partial charge in [-0.15, -0.1) is 11.3 Å². The first kappa shape index (κ1) is 36.4. The summed E-state index contributed by atoms with van der Waals surface area (Å²) in [6.07, 6.45) is 5.88. The molecule has 1 amide bonds. The van der Waals surface area contributed by atoms with Crippen LogP contribution in [-0.4, -0.2) is 79.4 Å². The smallest absolute Gasteiger partial charge is 0.379 e. The summed E-state index contributed by atoms with van der Waals surface area (Å²) in [6.45, 7) is 1.68. The quantitative estimate of drug-likeness (QED) is 0.137. The van der Waals surface area contributed by atoms with Gasteiger partial charge in [0.2, 0.25) is 11.5 Å². The number of carbonyl (C=O) groups is 1. The Kier molecular flexibility index (Phi) is 11.5. The van der Waals surface area contributed by atoms with Crippen molar-refractivity contribution in [3.05, 3.63) is 71.2 Å². The molecule has 268 valence electrons. The maximum atomic E-state index is 13.8. The second-order valence-corrected chi connectivity index (χ2v) is 17.6. The number of amides is 1. The third kappa shape index (κ3) is 9.27. The minimum Gasteiger partial charge on any atom is -0.438 e. The van der Waals surface area contributed by atoms with Crippen LogP contribution in [0.3, 0.4) is 0 Å². The zero-order chi connectivity index (χ0) is 35.3. The van der Waals surface area contributed by atoms with Crippen molar-refractivity contribution in [2.75, 3.05) is 47.5 Å². The molecule has 4 heterocycles. The number of hydrogen-bond acceptors (Lipinski definition) is 10. The molecule has 4 aromatic rings. The minimum absolute atomic E-state index is 0.0691. The van der Waals surface area contributed by atoms with Gasteiger partial charge in [0.1, 0.15) is 6.08 Å². The molecule has 0 atom stereocenters. The Morgan fingerprint density at radius 2 is 1.70 bits per heavy atom. The van der Waals surface area contributed by atoms with Crippen molar-refractivity contribution in [1.82, 2.24) is 4.90 Å². The molecule has 2 N–H and O–H groups in total. The SMILES string of the molecule is O=C(c1ccc2oc(C=C3Oc4ccc(-c5cccs5)cc4N3CCCS(=O)(=O)O)[n+](CCCS(=O)(=O)O)c2c1)N1CCCCCSCCC1. The van der Waals surface area contributed by atoms with Gasteiger partial charge in [0.05, 0.1) is 17.2 Å². The number of thioether (sulfide) groups is 1. The lowest BCUT2D eigenvalue weighted by molar-refractivity contribution is -0.677. The third-order valence-electron chi connectivity index (χ3n) is 8.55. The summed E-state index contributed by atoms with van der Waals surface area (Å²) in [5, 5.41) is 1.98. The van der Waals surface area contributed by atoms with Gasteiger partial charge in [-0.2, -0.15) is 33.2 Å². The molecule has 0 unspecified atom stereocenters. The van der Waals surface area contributed by atoms with Crippen molar-refractivity contribution < 1.29 is 44.5 Å². The summed E-state index contributed by atoms with van der Waals surface area (Å²) in [5.74, 6) is 2.35. The predicted molar refractivity (Wildman–Crippen MR) is 196 cm³/mol. The molecule has 16 heteroatoms. The molecule has 0 spiro atoms. The highest BCUT2D eigenvalue weighted by Gasteiger charge is 2.31. The second kappa shape index (κ2) is 15.9. The van der Waals surface area contributed by atoms with Crippen LogP contribution in [0.15, 0.2) is 64.2 Å². The van der Waals surface area contributed by atoms with E-state index in [1.807, 2.05) is 57.3 Å². The lowest BCUT2D eigenvalue weighted by atomic mass is 10.1. The van der Waals surface area contributed by atoms with Crippen molar-refractivity contribution in [1.29, 1.82) is 0 Å². The Bertz CT molecular complexity index is 2070. The molecule has 0 bridgehead atoms. The van der Waals surface area contributed by atoms with Gasteiger partial charge in [0.25, 0.3) is 31.7 Å². The van der Waals surface area contributed by atoms with Crippen LogP contribution in [-0.2, 0) is 26.8 Å². The van der Waals surface area contributed by atoms with E-state index in [-0.39, 0.29) is 31.8 Å². The summed E-state index contributed by atoms with van der Waals surface area (Å²) < 4.78 is 79.6. The lowest BCUT2D eigenvalue weighted by Gasteiger charge is -2.23. The number of benzene rings is 2. The molecule has 1 saturated heterocycles. The van der Waals surface area contributed by atoms with E-state index in [0.29, 0.717) is 53.0 Å². The Labute approximate surface area is 300 Å². The summed E-state index contributed by atoms with van der Waals surface area (Å²) >= 11 is 3.50. The zero-order valence-electron chi connectivity index (χ0n) is 27.4. The third-order valence-corrected chi connectivity index (χ3v) is 12.2. The lowest BCUT2D eigenvalue weighted by Crippen LogP contribution is -2.37. The number of anilines is 1. The van der Waals surface area contributed by atoms with Crippen LogP contribution in [0.25, 0.3) is 27.6 Å². The van der Waals surface area contributed by atoms with E-state index in [0.717, 1.165) is 47.6 Å². The van der Waals surface area contributed by atoms with Gasteiger partial charge in [-0.25, -0.2) is 0 Å². The highest BCUT2D eigenvalue weighted by molar-refractivity contribution is 7.99. The molecule has 6 rings (SSSR count). The van der Waals surface area contributed by atoms with Gasteiger partial charge in [-0.05, 0) is 84.5 Å². The van der Waals surface area contributed by atoms with Crippen molar-refractivity contribution in [2.24, 2.45) is 0 Å². The van der Waals surface area contributed by atoms with Crippen molar-refractivity contribution in [3.63, 3.8) is 0 Å². The fraction of sp³-hybridized carbons (Fsp3) is 0.412. The normalized spacial score (nSPS) is 16.9. The van der Waals surface area contributed by atoms with Crippen LogP contribution in [0.4, 0.5) is 5.69 Å². The second-order valence-electron chi connectivity index (χ2n) is 12.3. The molecule has 1 fully saturated rings. The van der Waals surface area contributed by atoms with E-state index in [4.69, 9.17) is 9.15 Å². The Morgan fingerprint density at radius 1 is 0.920 bits per heavy atom. The van der Waals surface area contributed by atoms with Crippen molar-refractivity contribution in [2.45, 2.75) is 45.1 Å². The van der Waals surface area contributed by atoms with Crippen LogP contribution in [0.1, 0.15) is 54.8 Å². The first-order chi connectivity index (χ1) is 23.9. The van der Waals surface area contributed by atoms with Crippen LogP contribution < -0.4 is 14.2 Å². The predicted octanol–water partition coefficient (Wildman–Crippen LogP) is 5.95. The Morgan fingerprint density at radius 3 is 2.48 bits per heavy atom. The van der Waals surface area contributed by atoms with Gasteiger partial charge < -0.3 is 19.0 Å². The summed E-state index contributed by atoms with van der Waals surface area (Å²) in [7, 11) is -8.42. The number of carbonyl (C=O) groups excluding carboxylic acids is 1. The van der Waals surface area contributed by atoms with Crippen LogP contribution >= 0.6 is 23.1 Å². The van der Waals surface area contributed by atoms with E-state index in [1.54, 1.807) is 40.2 Å². The van der Waals surface area contributed by atoms with E-state index in [2.05, 4.69) is 0 Å². The van der Waals surface area contributed by atoms with Gasteiger partial charge in [-0.1, -0.05) is 12.5 Å². The van der Waals surface area contributed by atoms with E-state index >= 15 is 0 Å². The number of nitrogens with zero attached hydrogens (tertiary/aromatic N) is 3. The molecule has 50 heavy (non-hydrogen) atoms. The van der Waals surface area contributed by atoms with Crippen LogP contribution in [0.2, 0.25) is 0 Å². The molecule has 2 aliphatic heterocycles. The number of hydrogen-bond donors (Lipinski definition) is 2. The minimum atomic E-state index is -4.23. The number of fused-ring (bicyclic) bond motifs is 2. The van der Waals surface area contributed by atoms with Gasteiger partial charge in [-0.3, -0.25) is 13.9 Å². The van der Waals surface area contributed by atoms with E-state index < -0.39 is 31.7 Å². The van der Waals surface area contributed by atoms with Crippen molar-refractivity contribution >= 4 is 72.1 Å². The number of thiophene rings is 1. The first-order valence-electron chi connectivity index (χ1n) is 16.5. The molecule has 12 nitrogen and oxygen atoms in total.